The Balaban J connectivity index is 1.61. The summed E-state index contributed by atoms with van der Waals surface area (Å²) in [5, 5.41) is 17.4. The van der Waals surface area contributed by atoms with Crippen molar-refractivity contribution in [1.29, 1.82) is 0 Å². The van der Waals surface area contributed by atoms with Crippen LogP contribution in [0.25, 0.3) is 0 Å². The lowest BCUT2D eigenvalue weighted by atomic mass is 10.2. The highest BCUT2D eigenvalue weighted by Gasteiger charge is 2.09. The second kappa shape index (κ2) is 11.9. The third-order valence-corrected chi connectivity index (χ3v) is 4.66. The zero-order chi connectivity index (χ0) is 25.2. The van der Waals surface area contributed by atoms with E-state index in [4.69, 9.17) is 9.47 Å². The number of nitrogens with one attached hydrogen (secondary N) is 2. The third kappa shape index (κ3) is 7.39. The lowest BCUT2D eigenvalue weighted by molar-refractivity contribution is -0.384. The zero-order valence-corrected chi connectivity index (χ0v) is 19.2. The third-order valence-electron chi connectivity index (χ3n) is 4.66. The lowest BCUT2D eigenvalue weighted by Crippen LogP contribution is -2.17. The number of amides is 2. The standard InChI is InChI=1S/C25H24N4O6/c1-3-34-24-14-19(6-13-23(24)35-16-18-4-11-22(12-5-18)29(32)33)15-26-28-25(31)20-7-9-21(10-8-20)27-17(2)30/h4-15H,3,16H2,1-2H3,(H,27,30)(H,28,31)/b26-15-. The summed E-state index contributed by atoms with van der Waals surface area (Å²) in [5.41, 5.74) is 4.91. The molecule has 2 amide bonds. The first-order valence-electron chi connectivity index (χ1n) is 10.7. The monoisotopic (exact) mass is 476 g/mol. The molecule has 0 saturated heterocycles. The van der Waals surface area contributed by atoms with Crippen LogP contribution in [-0.4, -0.2) is 29.6 Å². The van der Waals surface area contributed by atoms with Crippen molar-refractivity contribution in [3.63, 3.8) is 0 Å². The van der Waals surface area contributed by atoms with Gasteiger partial charge in [-0.3, -0.25) is 19.7 Å². The average molecular weight is 476 g/mol. The molecule has 180 valence electrons. The molecular formula is C25H24N4O6. The smallest absolute Gasteiger partial charge is 0.271 e. The van der Waals surface area contributed by atoms with Gasteiger partial charge >= 0.3 is 0 Å². The van der Waals surface area contributed by atoms with Crippen LogP contribution in [0.4, 0.5) is 11.4 Å². The van der Waals surface area contributed by atoms with Gasteiger partial charge in [-0.1, -0.05) is 0 Å². The molecule has 3 rings (SSSR count). The number of non-ortho nitro benzene ring substituents is 1. The molecule has 0 aliphatic rings. The fourth-order valence-corrected chi connectivity index (χ4v) is 3.01. The minimum Gasteiger partial charge on any atom is -0.490 e. The Bertz CT molecular complexity index is 1220. The molecule has 2 N–H and O–H groups in total. The van der Waals surface area contributed by atoms with Gasteiger partial charge in [-0.25, -0.2) is 5.43 Å². The van der Waals surface area contributed by atoms with E-state index in [1.54, 1.807) is 54.6 Å². The van der Waals surface area contributed by atoms with E-state index in [0.29, 0.717) is 34.9 Å². The van der Waals surface area contributed by atoms with Gasteiger partial charge < -0.3 is 14.8 Å². The number of carbonyl (C=O) groups is 2. The van der Waals surface area contributed by atoms with E-state index in [2.05, 4.69) is 15.8 Å². The Labute approximate surface area is 201 Å². The minimum atomic E-state index is -0.454. The van der Waals surface area contributed by atoms with Crippen molar-refractivity contribution in [2.24, 2.45) is 5.10 Å². The summed E-state index contributed by atoms with van der Waals surface area (Å²) in [6.07, 6.45) is 1.48. The summed E-state index contributed by atoms with van der Waals surface area (Å²) in [7, 11) is 0. The number of nitro benzene ring substituents is 1. The highest BCUT2D eigenvalue weighted by atomic mass is 16.6. The Morgan fingerprint density at radius 1 is 1.00 bits per heavy atom. The quantitative estimate of drug-likeness (QED) is 0.255. The Kier molecular flexibility index (Phi) is 8.49. The van der Waals surface area contributed by atoms with Crippen molar-refractivity contribution in [3.8, 4) is 11.5 Å². The highest BCUT2D eigenvalue weighted by Crippen LogP contribution is 2.29. The molecule has 3 aromatic carbocycles. The van der Waals surface area contributed by atoms with Crippen LogP contribution >= 0.6 is 0 Å². The first kappa shape index (κ1) is 24.9. The largest absolute Gasteiger partial charge is 0.490 e. The maximum Gasteiger partial charge on any atom is 0.271 e. The van der Waals surface area contributed by atoms with E-state index in [1.807, 2.05) is 6.92 Å². The van der Waals surface area contributed by atoms with Gasteiger partial charge in [-0.05, 0) is 72.6 Å². The number of carbonyl (C=O) groups excluding carboxylic acids is 2. The Morgan fingerprint density at radius 3 is 2.34 bits per heavy atom. The van der Waals surface area contributed by atoms with Gasteiger partial charge in [0.2, 0.25) is 5.91 Å². The fraction of sp³-hybridized carbons (Fsp3) is 0.160. The normalized spacial score (nSPS) is 10.6. The molecule has 10 heteroatoms. The molecule has 3 aromatic rings. The molecule has 35 heavy (non-hydrogen) atoms. The number of nitrogens with zero attached hydrogens (tertiary/aromatic N) is 2. The predicted octanol–water partition coefficient (Wildman–Crippen LogP) is 4.29. The molecule has 0 aromatic heterocycles. The van der Waals surface area contributed by atoms with E-state index in [0.717, 1.165) is 5.56 Å². The molecule has 0 bridgehead atoms. The van der Waals surface area contributed by atoms with Crippen LogP contribution in [0, 0.1) is 10.1 Å². The van der Waals surface area contributed by atoms with E-state index < -0.39 is 10.8 Å². The molecular weight excluding hydrogens is 452 g/mol. The van der Waals surface area contributed by atoms with Gasteiger partial charge in [0.1, 0.15) is 6.61 Å². The van der Waals surface area contributed by atoms with Gasteiger partial charge in [0.15, 0.2) is 11.5 Å². The van der Waals surface area contributed by atoms with Crippen LogP contribution in [0.1, 0.15) is 35.3 Å². The van der Waals surface area contributed by atoms with Crippen LogP contribution in [0.5, 0.6) is 11.5 Å². The molecule has 0 aliphatic carbocycles. The summed E-state index contributed by atoms with van der Waals surface area (Å²) in [6, 6.07) is 17.7. The summed E-state index contributed by atoms with van der Waals surface area (Å²) in [6.45, 7) is 3.88. The van der Waals surface area contributed by atoms with E-state index in [9.17, 15) is 19.7 Å². The number of ether oxygens (including phenoxy) is 2. The SMILES string of the molecule is CCOc1cc(/C=N\NC(=O)c2ccc(NC(C)=O)cc2)ccc1OCc1ccc([N+](=O)[O-])cc1. The average Bonchev–Trinajstić information content (AvgIpc) is 2.84. The van der Waals surface area contributed by atoms with Gasteiger partial charge in [-0.15, -0.1) is 0 Å². The number of rotatable bonds is 10. The molecule has 0 unspecified atom stereocenters. The van der Waals surface area contributed by atoms with E-state index in [-0.39, 0.29) is 18.2 Å². The summed E-state index contributed by atoms with van der Waals surface area (Å²) >= 11 is 0. The molecule has 0 spiro atoms. The van der Waals surface area contributed by atoms with Crippen molar-refractivity contribution < 1.29 is 24.0 Å². The van der Waals surface area contributed by atoms with Gasteiger partial charge in [0, 0.05) is 30.3 Å². The number of nitro groups is 1. The summed E-state index contributed by atoms with van der Waals surface area (Å²) < 4.78 is 11.5. The zero-order valence-electron chi connectivity index (χ0n) is 19.2. The molecule has 10 nitrogen and oxygen atoms in total. The van der Waals surface area contributed by atoms with Crippen LogP contribution in [0.3, 0.4) is 0 Å². The van der Waals surface area contributed by atoms with E-state index >= 15 is 0 Å². The molecule has 0 radical (unpaired) electrons. The Hall–Kier alpha value is -4.73. The second-order valence-electron chi connectivity index (χ2n) is 7.31. The maximum atomic E-state index is 12.3. The summed E-state index contributed by atoms with van der Waals surface area (Å²) in [4.78, 5) is 33.7. The fourth-order valence-electron chi connectivity index (χ4n) is 3.01. The number of benzene rings is 3. The van der Waals surface area contributed by atoms with Crippen LogP contribution in [0.15, 0.2) is 71.8 Å². The lowest BCUT2D eigenvalue weighted by Gasteiger charge is -2.12. The maximum absolute atomic E-state index is 12.3. The second-order valence-corrected chi connectivity index (χ2v) is 7.31. The van der Waals surface area contributed by atoms with Crippen molar-refractivity contribution >= 4 is 29.4 Å². The van der Waals surface area contributed by atoms with Crippen molar-refractivity contribution in [2.75, 3.05) is 11.9 Å². The summed E-state index contributed by atoms with van der Waals surface area (Å²) in [5.74, 6) is 0.411. The van der Waals surface area contributed by atoms with Crippen LogP contribution < -0.4 is 20.2 Å². The predicted molar refractivity (Wildman–Crippen MR) is 131 cm³/mol. The van der Waals surface area contributed by atoms with Gasteiger partial charge in [-0.2, -0.15) is 5.10 Å². The molecule has 0 atom stereocenters. The van der Waals surface area contributed by atoms with Crippen LogP contribution in [-0.2, 0) is 11.4 Å². The van der Waals surface area contributed by atoms with Crippen molar-refractivity contribution in [2.45, 2.75) is 20.5 Å². The topological polar surface area (TPSA) is 132 Å². The highest BCUT2D eigenvalue weighted by molar-refractivity contribution is 5.96. The molecule has 0 saturated carbocycles. The van der Waals surface area contributed by atoms with Crippen molar-refractivity contribution in [3.05, 3.63) is 93.5 Å². The first-order valence-corrected chi connectivity index (χ1v) is 10.7. The first-order chi connectivity index (χ1) is 16.9. The minimum absolute atomic E-state index is 0.0153. The number of hydrazone groups is 1. The van der Waals surface area contributed by atoms with Crippen LogP contribution in [0.2, 0.25) is 0 Å². The van der Waals surface area contributed by atoms with Gasteiger partial charge in [0.25, 0.3) is 11.6 Å². The number of hydrogen-bond donors (Lipinski definition) is 2. The Morgan fingerprint density at radius 2 is 1.71 bits per heavy atom. The van der Waals surface area contributed by atoms with Gasteiger partial charge in [0.05, 0.1) is 17.7 Å². The number of hydrogen-bond acceptors (Lipinski definition) is 7. The molecule has 0 heterocycles. The van der Waals surface area contributed by atoms with E-state index in [1.165, 1.54) is 25.3 Å². The molecule has 0 aliphatic heterocycles. The van der Waals surface area contributed by atoms with Crippen molar-refractivity contribution in [1.82, 2.24) is 5.43 Å². The molecule has 0 fully saturated rings. The number of anilines is 1.